The number of benzene rings is 1. The molecular weight excluding hydrogens is 302 g/mol. The van der Waals surface area contributed by atoms with Crippen molar-refractivity contribution < 1.29 is 0 Å². The molecule has 2 N–H and O–H groups in total. The lowest BCUT2D eigenvalue weighted by atomic mass is 10.0. The van der Waals surface area contributed by atoms with E-state index in [0.717, 1.165) is 15.7 Å². The average Bonchev–Trinajstić information content (AvgIpc) is 2.34. The van der Waals surface area contributed by atoms with Gasteiger partial charge >= 0.3 is 0 Å². The zero-order chi connectivity index (χ0) is 12.3. The number of nitrogens with zero attached hydrogens (tertiary/aromatic N) is 2. The summed E-state index contributed by atoms with van der Waals surface area (Å²) in [6.07, 6.45) is 5.59. The second kappa shape index (κ2) is 5.58. The van der Waals surface area contributed by atoms with E-state index in [1.807, 2.05) is 18.2 Å². The summed E-state index contributed by atoms with van der Waals surface area (Å²) in [5, 5.41) is 0.707. The van der Waals surface area contributed by atoms with Crippen molar-refractivity contribution in [2.75, 3.05) is 0 Å². The van der Waals surface area contributed by atoms with E-state index in [9.17, 15) is 0 Å². The van der Waals surface area contributed by atoms with Gasteiger partial charge in [-0.2, -0.15) is 0 Å². The minimum atomic E-state index is -0.192. The van der Waals surface area contributed by atoms with Crippen LogP contribution < -0.4 is 5.73 Å². The lowest BCUT2D eigenvalue weighted by molar-refractivity contribution is 0.691. The van der Waals surface area contributed by atoms with Crippen LogP contribution in [-0.2, 0) is 6.42 Å². The van der Waals surface area contributed by atoms with Crippen molar-refractivity contribution in [2.45, 2.75) is 12.5 Å². The third-order valence-corrected chi connectivity index (χ3v) is 3.26. The molecule has 0 saturated heterocycles. The van der Waals surface area contributed by atoms with E-state index in [1.54, 1.807) is 18.6 Å². The van der Waals surface area contributed by atoms with E-state index < -0.39 is 0 Å². The van der Waals surface area contributed by atoms with Gasteiger partial charge in [-0.05, 0) is 24.1 Å². The van der Waals surface area contributed by atoms with E-state index in [2.05, 4.69) is 25.9 Å². The third kappa shape index (κ3) is 3.25. The quantitative estimate of drug-likeness (QED) is 0.947. The van der Waals surface area contributed by atoms with Gasteiger partial charge in [-0.1, -0.05) is 33.6 Å². The van der Waals surface area contributed by atoms with Crippen molar-refractivity contribution in [3.05, 3.63) is 57.5 Å². The predicted octanol–water partition coefficient (Wildman–Crippen LogP) is 3.14. The molecule has 0 fully saturated rings. The highest BCUT2D eigenvalue weighted by molar-refractivity contribution is 9.10. The normalized spacial score (nSPS) is 12.4. The molecule has 0 amide bonds. The number of hydrogen-bond acceptors (Lipinski definition) is 3. The van der Waals surface area contributed by atoms with Gasteiger partial charge in [0.2, 0.25) is 0 Å². The van der Waals surface area contributed by atoms with Crippen LogP contribution in [0, 0.1) is 0 Å². The molecule has 1 aromatic heterocycles. The molecule has 17 heavy (non-hydrogen) atoms. The third-order valence-electron chi connectivity index (χ3n) is 2.42. The molecule has 0 bridgehead atoms. The molecule has 0 spiro atoms. The van der Waals surface area contributed by atoms with Gasteiger partial charge < -0.3 is 5.73 Å². The lowest BCUT2D eigenvalue weighted by Gasteiger charge is -2.11. The maximum Gasteiger partial charge on any atom is 0.0757 e. The summed E-state index contributed by atoms with van der Waals surface area (Å²) in [6.45, 7) is 0. The molecule has 5 heteroatoms. The second-order valence-corrected chi connectivity index (χ2v) is 5.00. The van der Waals surface area contributed by atoms with Crippen LogP contribution in [0.2, 0.25) is 5.02 Å². The summed E-state index contributed by atoms with van der Waals surface area (Å²) >= 11 is 9.51. The van der Waals surface area contributed by atoms with Gasteiger partial charge in [0.15, 0.2) is 0 Å². The Morgan fingerprint density at radius 3 is 2.82 bits per heavy atom. The van der Waals surface area contributed by atoms with E-state index >= 15 is 0 Å². The van der Waals surface area contributed by atoms with E-state index in [-0.39, 0.29) is 6.04 Å². The van der Waals surface area contributed by atoms with Crippen LogP contribution >= 0.6 is 27.5 Å². The molecule has 0 saturated carbocycles. The topological polar surface area (TPSA) is 51.8 Å². The van der Waals surface area contributed by atoms with E-state index in [4.69, 9.17) is 17.3 Å². The molecule has 2 aromatic rings. The van der Waals surface area contributed by atoms with Crippen molar-refractivity contribution in [3.8, 4) is 0 Å². The Morgan fingerprint density at radius 2 is 2.18 bits per heavy atom. The van der Waals surface area contributed by atoms with Crippen molar-refractivity contribution in [3.63, 3.8) is 0 Å². The SMILES string of the molecule is NC(Cc1ccc(Br)cc1Cl)c1cnccn1. The molecule has 1 heterocycles. The summed E-state index contributed by atoms with van der Waals surface area (Å²) in [7, 11) is 0. The molecule has 1 unspecified atom stereocenters. The summed E-state index contributed by atoms with van der Waals surface area (Å²) in [5.74, 6) is 0. The van der Waals surface area contributed by atoms with Crippen molar-refractivity contribution in [2.24, 2.45) is 5.73 Å². The fraction of sp³-hybridized carbons (Fsp3) is 0.167. The molecule has 0 aliphatic heterocycles. The van der Waals surface area contributed by atoms with Gasteiger partial charge in [-0.25, -0.2) is 0 Å². The lowest BCUT2D eigenvalue weighted by Crippen LogP contribution is -2.15. The summed E-state index contributed by atoms with van der Waals surface area (Å²) in [6, 6.07) is 5.58. The molecular formula is C12H11BrClN3. The molecule has 88 valence electrons. The Morgan fingerprint density at radius 1 is 1.35 bits per heavy atom. The van der Waals surface area contributed by atoms with Gasteiger partial charge in [0, 0.05) is 28.1 Å². The van der Waals surface area contributed by atoms with Crippen molar-refractivity contribution in [1.29, 1.82) is 0 Å². The van der Waals surface area contributed by atoms with Crippen LogP contribution in [0.1, 0.15) is 17.3 Å². The zero-order valence-corrected chi connectivity index (χ0v) is 11.3. The molecule has 1 aromatic carbocycles. The Hall–Kier alpha value is -0.970. The highest BCUT2D eigenvalue weighted by Gasteiger charge is 2.10. The Labute approximate surface area is 113 Å². The fourth-order valence-corrected chi connectivity index (χ4v) is 2.28. The van der Waals surface area contributed by atoms with Crippen LogP contribution in [0.5, 0.6) is 0 Å². The van der Waals surface area contributed by atoms with Gasteiger partial charge in [0.05, 0.1) is 11.7 Å². The number of aromatic nitrogens is 2. The van der Waals surface area contributed by atoms with Crippen molar-refractivity contribution in [1.82, 2.24) is 9.97 Å². The monoisotopic (exact) mass is 311 g/mol. The molecule has 2 rings (SSSR count). The van der Waals surface area contributed by atoms with Gasteiger partial charge in [0.25, 0.3) is 0 Å². The molecule has 1 atom stereocenters. The van der Waals surface area contributed by atoms with Crippen LogP contribution in [0.25, 0.3) is 0 Å². The van der Waals surface area contributed by atoms with Crippen LogP contribution in [0.4, 0.5) is 0 Å². The first-order valence-electron chi connectivity index (χ1n) is 5.12. The maximum atomic E-state index is 6.14. The average molecular weight is 313 g/mol. The van der Waals surface area contributed by atoms with Gasteiger partial charge in [-0.15, -0.1) is 0 Å². The minimum Gasteiger partial charge on any atom is -0.322 e. The fourth-order valence-electron chi connectivity index (χ4n) is 1.53. The highest BCUT2D eigenvalue weighted by Crippen LogP contribution is 2.24. The Balaban J connectivity index is 2.16. The summed E-state index contributed by atoms with van der Waals surface area (Å²) in [4.78, 5) is 8.18. The molecule has 0 aliphatic rings. The number of rotatable bonds is 3. The van der Waals surface area contributed by atoms with Crippen LogP contribution in [0.15, 0.2) is 41.3 Å². The largest absolute Gasteiger partial charge is 0.322 e. The first-order chi connectivity index (χ1) is 8.16. The summed E-state index contributed by atoms with van der Waals surface area (Å²) in [5.41, 5.74) is 7.84. The highest BCUT2D eigenvalue weighted by atomic mass is 79.9. The summed E-state index contributed by atoms with van der Waals surface area (Å²) < 4.78 is 0.958. The number of nitrogens with two attached hydrogens (primary N) is 1. The first kappa shape index (κ1) is 12.5. The predicted molar refractivity (Wildman–Crippen MR) is 71.8 cm³/mol. The molecule has 0 aliphatic carbocycles. The maximum absolute atomic E-state index is 6.14. The number of halogens is 2. The Bertz CT molecular complexity index is 504. The molecule has 3 nitrogen and oxygen atoms in total. The minimum absolute atomic E-state index is 0.192. The van der Waals surface area contributed by atoms with Gasteiger partial charge in [-0.3, -0.25) is 9.97 Å². The van der Waals surface area contributed by atoms with Gasteiger partial charge in [0.1, 0.15) is 0 Å². The van der Waals surface area contributed by atoms with Crippen LogP contribution in [-0.4, -0.2) is 9.97 Å². The van der Waals surface area contributed by atoms with Crippen LogP contribution in [0.3, 0.4) is 0 Å². The zero-order valence-electron chi connectivity index (χ0n) is 8.98. The van der Waals surface area contributed by atoms with Crippen molar-refractivity contribution >= 4 is 27.5 Å². The van der Waals surface area contributed by atoms with E-state index in [1.165, 1.54) is 0 Å². The number of hydrogen-bond donors (Lipinski definition) is 1. The first-order valence-corrected chi connectivity index (χ1v) is 6.29. The Kier molecular flexibility index (Phi) is 4.10. The molecule has 0 radical (unpaired) electrons. The second-order valence-electron chi connectivity index (χ2n) is 3.68. The smallest absolute Gasteiger partial charge is 0.0757 e. The van der Waals surface area contributed by atoms with E-state index in [0.29, 0.717) is 11.4 Å². The standard InChI is InChI=1S/C12H11BrClN3/c13-9-2-1-8(10(14)6-9)5-11(15)12-7-16-3-4-17-12/h1-4,6-7,11H,5,15H2.